The molecule has 0 aliphatic heterocycles. The minimum absolute atomic E-state index is 0.0926. The molecule has 0 heterocycles. The van der Waals surface area contributed by atoms with E-state index in [-0.39, 0.29) is 11.5 Å². The highest BCUT2D eigenvalue weighted by molar-refractivity contribution is 6.27. The van der Waals surface area contributed by atoms with Crippen molar-refractivity contribution in [3.63, 3.8) is 0 Å². The zero-order valence-corrected chi connectivity index (χ0v) is 11.9. The molecule has 0 radical (unpaired) electrons. The predicted octanol–water partition coefficient (Wildman–Crippen LogP) is 3.17. The van der Waals surface area contributed by atoms with Gasteiger partial charge in [0.1, 0.15) is 5.75 Å². The summed E-state index contributed by atoms with van der Waals surface area (Å²) in [6.07, 6.45) is 5.10. The van der Waals surface area contributed by atoms with Crippen LogP contribution in [0, 0.1) is 0 Å². The Bertz CT molecular complexity index is 574. The van der Waals surface area contributed by atoms with E-state index in [2.05, 4.69) is 17.2 Å². The number of rotatable bonds is 5. The predicted molar refractivity (Wildman–Crippen MR) is 82.1 cm³/mol. The summed E-state index contributed by atoms with van der Waals surface area (Å²) in [5, 5.41) is 13.3. The second kappa shape index (κ2) is 6.37. The van der Waals surface area contributed by atoms with Crippen molar-refractivity contribution in [1.82, 2.24) is 0 Å². The Kier molecular flexibility index (Phi) is 4.56. The van der Waals surface area contributed by atoms with Gasteiger partial charge in [-0.15, -0.1) is 0 Å². The molecule has 1 aliphatic rings. The first-order valence-electron chi connectivity index (χ1n) is 7.06. The SMILES string of the molecule is CCCN=C1C=CC(=O)c2c(NCCC)ccc(O)c21. The van der Waals surface area contributed by atoms with Crippen molar-refractivity contribution < 1.29 is 9.90 Å². The zero-order chi connectivity index (χ0) is 14.5. The Labute approximate surface area is 119 Å². The van der Waals surface area contributed by atoms with E-state index in [9.17, 15) is 9.90 Å². The molecular formula is C16H20N2O2. The van der Waals surface area contributed by atoms with Crippen molar-refractivity contribution in [2.24, 2.45) is 4.99 Å². The molecule has 0 bridgehead atoms. The van der Waals surface area contributed by atoms with Crippen LogP contribution >= 0.6 is 0 Å². The molecule has 20 heavy (non-hydrogen) atoms. The van der Waals surface area contributed by atoms with Crippen molar-refractivity contribution in [3.05, 3.63) is 35.4 Å². The van der Waals surface area contributed by atoms with E-state index < -0.39 is 0 Å². The van der Waals surface area contributed by atoms with Crippen LogP contribution in [0.5, 0.6) is 5.75 Å². The molecule has 4 heteroatoms. The van der Waals surface area contributed by atoms with Crippen LogP contribution in [0.25, 0.3) is 0 Å². The first kappa shape index (κ1) is 14.3. The number of nitrogens with one attached hydrogen (secondary N) is 1. The Balaban J connectivity index is 2.53. The quantitative estimate of drug-likeness (QED) is 0.809. The molecule has 2 N–H and O–H groups in total. The lowest BCUT2D eigenvalue weighted by Crippen LogP contribution is -2.16. The van der Waals surface area contributed by atoms with Crippen LogP contribution in [-0.2, 0) is 0 Å². The van der Waals surface area contributed by atoms with E-state index in [1.165, 1.54) is 6.08 Å². The fourth-order valence-electron chi connectivity index (χ4n) is 2.20. The maximum Gasteiger partial charge on any atom is 0.188 e. The molecule has 0 unspecified atom stereocenters. The molecule has 0 fully saturated rings. The topological polar surface area (TPSA) is 61.7 Å². The van der Waals surface area contributed by atoms with Gasteiger partial charge in [0.15, 0.2) is 5.78 Å². The number of hydrogen-bond acceptors (Lipinski definition) is 4. The Hall–Kier alpha value is -2.10. The van der Waals surface area contributed by atoms with Gasteiger partial charge in [0.25, 0.3) is 0 Å². The van der Waals surface area contributed by atoms with Crippen molar-refractivity contribution in [2.45, 2.75) is 26.7 Å². The summed E-state index contributed by atoms with van der Waals surface area (Å²) in [7, 11) is 0. The number of phenolic OH excluding ortho intramolecular Hbond substituents is 1. The molecule has 0 saturated heterocycles. The summed E-state index contributed by atoms with van der Waals surface area (Å²) in [4.78, 5) is 16.6. The van der Waals surface area contributed by atoms with Gasteiger partial charge in [-0.05, 0) is 37.1 Å². The molecule has 2 rings (SSSR count). The van der Waals surface area contributed by atoms with Crippen molar-refractivity contribution in [1.29, 1.82) is 0 Å². The fourth-order valence-corrected chi connectivity index (χ4v) is 2.20. The number of hydrogen-bond donors (Lipinski definition) is 2. The summed E-state index contributed by atoms with van der Waals surface area (Å²) >= 11 is 0. The van der Waals surface area contributed by atoms with Crippen molar-refractivity contribution >= 4 is 17.2 Å². The van der Waals surface area contributed by atoms with Crippen LogP contribution in [0.2, 0.25) is 0 Å². The average molecular weight is 272 g/mol. The number of benzene rings is 1. The lowest BCUT2D eigenvalue weighted by Gasteiger charge is -2.18. The Morgan fingerprint density at radius 1 is 1.15 bits per heavy atom. The maximum atomic E-state index is 12.1. The van der Waals surface area contributed by atoms with E-state index in [1.54, 1.807) is 18.2 Å². The lowest BCUT2D eigenvalue weighted by atomic mass is 9.91. The maximum absolute atomic E-state index is 12.1. The van der Waals surface area contributed by atoms with Gasteiger partial charge in [-0.25, -0.2) is 0 Å². The first-order valence-corrected chi connectivity index (χ1v) is 7.06. The number of aliphatic imine (C=N–C) groups is 1. The summed E-state index contributed by atoms with van der Waals surface area (Å²) < 4.78 is 0. The minimum atomic E-state index is -0.0926. The average Bonchev–Trinajstić information content (AvgIpc) is 2.46. The van der Waals surface area contributed by atoms with E-state index in [0.717, 1.165) is 25.1 Å². The highest BCUT2D eigenvalue weighted by Gasteiger charge is 2.24. The molecule has 0 amide bonds. The van der Waals surface area contributed by atoms with Crippen LogP contribution in [0.4, 0.5) is 5.69 Å². The summed E-state index contributed by atoms with van der Waals surface area (Å²) in [6.45, 7) is 5.58. The van der Waals surface area contributed by atoms with Crippen molar-refractivity contribution in [3.8, 4) is 5.75 Å². The molecule has 1 aliphatic carbocycles. The number of anilines is 1. The number of aromatic hydroxyl groups is 1. The molecule has 1 aromatic carbocycles. The first-order chi connectivity index (χ1) is 9.69. The number of fused-ring (bicyclic) bond motifs is 1. The van der Waals surface area contributed by atoms with Gasteiger partial charge < -0.3 is 10.4 Å². The largest absolute Gasteiger partial charge is 0.507 e. The molecular weight excluding hydrogens is 252 g/mol. The number of ketones is 1. The number of nitrogens with zero attached hydrogens (tertiary/aromatic N) is 1. The highest BCUT2D eigenvalue weighted by atomic mass is 16.3. The van der Waals surface area contributed by atoms with Crippen LogP contribution in [0.3, 0.4) is 0 Å². The van der Waals surface area contributed by atoms with E-state index in [1.807, 2.05) is 6.92 Å². The second-order valence-corrected chi connectivity index (χ2v) is 4.77. The summed E-state index contributed by atoms with van der Waals surface area (Å²) in [6, 6.07) is 3.36. The second-order valence-electron chi connectivity index (χ2n) is 4.77. The molecule has 106 valence electrons. The monoisotopic (exact) mass is 272 g/mol. The Morgan fingerprint density at radius 3 is 2.65 bits per heavy atom. The van der Waals surface area contributed by atoms with Gasteiger partial charge in [0, 0.05) is 18.8 Å². The molecule has 0 saturated carbocycles. The highest BCUT2D eigenvalue weighted by Crippen LogP contribution is 2.32. The van der Waals surface area contributed by atoms with Crippen LogP contribution in [0.1, 0.15) is 42.6 Å². The van der Waals surface area contributed by atoms with E-state index in [4.69, 9.17) is 0 Å². The minimum Gasteiger partial charge on any atom is -0.507 e. The third-order valence-corrected chi connectivity index (χ3v) is 3.15. The molecule has 0 aromatic heterocycles. The van der Waals surface area contributed by atoms with Gasteiger partial charge in [-0.2, -0.15) is 0 Å². The third-order valence-electron chi connectivity index (χ3n) is 3.15. The van der Waals surface area contributed by atoms with Crippen LogP contribution < -0.4 is 5.32 Å². The number of phenols is 1. The van der Waals surface area contributed by atoms with Gasteiger partial charge >= 0.3 is 0 Å². The summed E-state index contributed by atoms with van der Waals surface area (Å²) in [5.41, 5.74) is 2.51. The molecule has 0 atom stereocenters. The van der Waals surface area contributed by atoms with E-state index in [0.29, 0.717) is 23.4 Å². The van der Waals surface area contributed by atoms with Crippen molar-refractivity contribution in [2.75, 3.05) is 18.4 Å². The van der Waals surface area contributed by atoms with Gasteiger partial charge in [0.2, 0.25) is 0 Å². The molecule has 0 spiro atoms. The smallest absolute Gasteiger partial charge is 0.188 e. The normalized spacial score (nSPS) is 15.5. The summed E-state index contributed by atoms with van der Waals surface area (Å²) in [5.74, 6) is 0.0135. The Morgan fingerprint density at radius 2 is 1.95 bits per heavy atom. The third kappa shape index (κ3) is 2.74. The zero-order valence-electron chi connectivity index (χ0n) is 11.9. The van der Waals surface area contributed by atoms with Gasteiger partial charge in [0.05, 0.1) is 16.8 Å². The van der Waals surface area contributed by atoms with Crippen LogP contribution in [0.15, 0.2) is 29.3 Å². The molecule has 4 nitrogen and oxygen atoms in total. The number of allylic oxidation sites excluding steroid dienone is 2. The lowest BCUT2D eigenvalue weighted by molar-refractivity contribution is 0.104. The van der Waals surface area contributed by atoms with Gasteiger partial charge in [-0.1, -0.05) is 13.8 Å². The number of carbonyl (C=O) groups excluding carboxylic acids is 1. The van der Waals surface area contributed by atoms with E-state index >= 15 is 0 Å². The number of carbonyl (C=O) groups is 1. The van der Waals surface area contributed by atoms with Crippen LogP contribution in [-0.4, -0.2) is 29.7 Å². The fraction of sp³-hybridized carbons (Fsp3) is 0.375. The van der Waals surface area contributed by atoms with Gasteiger partial charge in [-0.3, -0.25) is 9.79 Å². The molecule has 1 aromatic rings. The standard InChI is InChI=1S/C16H20N2O2/c1-3-9-17-11-5-7-14(20)16-12(18-10-4-2)6-8-13(19)15(11)16/h5-8,17,20H,3-4,9-10H2,1-2H3.